The van der Waals surface area contributed by atoms with Crippen LogP contribution in [0.1, 0.15) is 19.3 Å². The van der Waals surface area contributed by atoms with E-state index >= 15 is 0 Å². The standard InChI is InChI=1S/C25H30N9O6/c1-28-31(22-15-9-4-10-16-22)40-34(37)25-18-23(32(35)38-29(26)20-11-5-2-6-12-20)17-24(19-25)33(36)39-30(27)21-13-7-3-8-14-21/h2-16,23-25H,1,17-19,26-27H2/q-3. The number of hydrazone groups is 1. The maximum atomic E-state index is 13.1. The summed E-state index contributed by atoms with van der Waals surface area (Å²) in [4.78, 5) is 15.9. The van der Waals surface area contributed by atoms with Crippen LogP contribution in [0, 0.1) is 15.6 Å². The fraction of sp³-hybridized carbons (Fsp3) is 0.240. The van der Waals surface area contributed by atoms with Crippen LogP contribution in [0.15, 0.2) is 96.1 Å². The minimum atomic E-state index is -0.997. The van der Waals surface area contributed by atoms with Gasteiger partial charge in [0.15, 0.2) is 0 Å². The van der Waals surface area contributed by atoms with Crippen LogP contribution in [0.5, 0.6) is 0 Å². The van der Waals surface area contributed by atoms with Gasteiger partial charge in [-0.25, -0.2) is 27.4 Å². The normalized spacial score (nSPS) is 19.1. The van der Waals surface area contributed by atoms with Crippen LogP contribution < -0.4 is 27.2 Å². The van der Waals surface area contributed by atoms with Gasteiger partial charge in [-0.3, -0.25) is 0 Å². The first-order chi connectivity index (χ1) is 19.4. The van der Waals surface area contributed by atoms with Crippen molar-refractivity contribution in [1.29, 1.82) is 0 Å². The number of hydroxylamine groups is 6. The molecule has 0 bridgehead atoms. The van der Waals surface area contributed by atoms with Crippen molar-refractivity contribution >= 4 is 23.8 Å². The maximum Gasteiger partial charge on any atom is 0.0920 e. The fourth-order valence-corrected chi connectivity index (χ4v) is 4.15. The average Bonchev–Trinajstić information content (AvgIpc) is 3.00. The Morgan fingerprint density at radius 3 is 1.25 bits per heavy atom. The van der Waals surface area contributed by atoms with Gasteiger partial charge in [-0.1, -0.05) is 54.6 Å². The van der Waals surface area contributed by atoms with Crippen molar-refractivity contribution in [3.63, 3.8) is 0 Å². The van der Waals surface area contributed by atoms with Crippen molar-refractivity contribution in [2.24, 2.45) is 16.8 Å². The molecule has 0 aliphatic heterocycles. The summed E-state index contributed by atoms with van der Waals surface area (Å²) in [5.74, 6) is 11.8. The van der Waals surface area contributed by atoms with Crippen LogP contribution in [0.2, 0.25) is 0 Å². The molecule has 3 aromatic carbocycles. The van der Waals surface area contributed by atoms with E-state index in [1.165, 1.54) is 0 Å². The van der Waals surface area contributed by atoms with Crippen LogP contribution in [-0.2, 0) is 14.8 Å². The zero-order chi connectivity index (χ0) is 28.5. The zero-order valence-corrected chi connectivity index (χ0v) is 21.5. The second kappa shape index (κ2) is 14.1. The first-order valence-electron chi connectivity index (χ1n) is 12.3. The molecule has 15 heteroatoms. The van der Waals surface area contributed by atoms with Crippen LogP contribution in [0.4, 0.5) is 17.1 Å². The number of benzene rings is 3. The molecular formula is C25H30N9O6-3. The summed E-state index contributed by atoms with van der Waals surface area (Å²) in [5.41, 5.74) is 1.26. The molecule has 4 N–H and O–H groups in total. The third-order valence-corrected chi connectivity index (χ3v) is 6.15. The van der Waals surface area contributed by atoms with Crippen LogP contribution in [0.3, 0.4) is 0 Å². The second-order valence-corrected chi connectivity index (χ2v) is 8.84. The van der Waals surface area contributed by atoms with Gasteiger partial charge >= 0.3 is 0 Å². The molecule has 214 valence electrons. The Bertz CT molecular complexity index is 1110. The molecule has 15 nitrogen and oxygen atoms in total. The van der Waals surface area contributed by atoms with E-state index in [2.05, 4.69) is 11.8 Å². The van der Waals surface area contributed by atoms with Crippen LogP contribution in [-0.4, -0.2) is 40.5 Å². The van der Waals surface area contributed by atoms with Gasteiger partial charge in [0.1, 0.15) is 0 Å². The highest BCUT2D eigenvalue weighted by molar-refractivity contribution is 5.45. The lowest BCUT2D eigenvalue weighted by Crippen LogP contribution is -2.54. The predicted octanol–water partition coefficient (Wildman–Crippen LogP) is 3.10. The monoisotopic (exact) mass is 552 g/mol. The number of hydrogen-bond acceptors (Lipinski definition) is 15. The Labute approximate surface area is 230 Å². The van der Waals surface area contributed by atoms with Crippen molar-refractivity contribution in [3.8, 4) is 0 Å². The van der Waals surface area contributed by atoms with E-state index in [4.69, 9.17) is 26.5 Å². The minimum Gasteiger partial charge on any atom is -0.760 e. The van der Waals surface area contributed by atoms with Crippen molar-refractivity contribution in [2.45, 2.75) is 37.4 Å². The molecule has 0 radical (unpaired) electrons. The third kappa shape index (κ3) is 7.69. The predicted molar refractivity (Wildman–Crippen MR) is 149 cm³/mol. The van der Waals surface area contributed by atoms with Gasteiger partial charge in [0.2, 0.25) is 0 Å². The molecule has 0 spiro atoms. The first kappa shape index (κ1) is 29.3. The summed E-state index contributed by atoms with van der Waals surface area (Å²) in [6.45, 7) is 3.43. The molecule has 0 amide bonds. The number of nitrogens with zero attached hydrogens (tertiary/aromatic N) is 7. The summed E-state index contributed by atoms with van der Waals surface area (Å²) in [6.07, 6.45) is -0.111. The van der Waals surface area contributed by atoms with Crippen molar-refractivity contribution < 1.29 is 14.8 Å². The lowest BCUT2D eigenvalue weighted by molar-refractivity contribution is -0.226. The van der Waals surface area contributed by atoms with Gasteiger partial charge < -0.3 is 15.6 Å². The molecule has 2 atom stereocenters. The summed E-state index contributed by atoms with van der Waals surface area (Å²) in [6, 6.07) is 22.6. The number of nitrogens with two attached hydrogens (primary N) is 2. The summed E-state index contributed by atoms with van der Waals surface area (Å²) >= 11 is 0. The number of hydrogen-bond donors (Lipinski definition) is 2. The Kier molecular flexibility index (Phi) is 10.3. The molecule has 0 aromatic heterocycles. The minimum absolute atomic E-state index is 0.0369. The van der Waals surface area contributed by atoms with Crippen molar-refractivity contribution in [1.82, 2.24) is 15.7 Å². The van der Waals surface area contributed by atoms with Crippen molar-refractivity contribution in [2.75, 3.05) is 15.5 Å². The lowest BCUT2D eigenvalue weighted by Gasteiger charge is -2.50. The Morgan fingerprint density at radius 2 is 0.900 bits per heavy atom. The molecule has 1 aliphatic rings. The molecule has 0 saturated heterocycles. The Morgan fingerprint density at radius 1 is 0.575 bits per heavy atom. The van der Waals surface area contributed by atoms with E-state index in [9.17, 15) is 15.6 Å². The van der Waals surface area contributed by atoms with Crippen LogP contribution in [0.25, 0.3) is 0 Å². The van der Waals surface area contributed by atoms with E-state index < -0.39 is 18.1 Å². The van der Waals surface area contributed by atoms with Gasteiger partial charge in [-0.2, -0.15) is 30.3 Å². The second-order valence-electron chi connectivity index (χ2n) is 8.84. The number of anilines is 3. The highest BCUT2D eigenvalue weighted by Crippen LogP contribution is 2.31. The highest BCUT2D eigenvalue weighted by Gasteiger charge is 2.34. The molecular weight excluding hydrogens is 522 g/mol. The van der Waals surface area contributed by atoms with E-state index in [1.54, 1.807) is 91.0 Å². The van der Waals surface area contributed by atoms with E-state index in [1.807, 2.05) is 0 Å². The summed E-state index contributed by atoms with van der Waals surface area (Å²) in [7, 11) is 0. The molecule has 1 aliphatic carbocycles. The van der Waals surface area contributed by atoms with Crippen molar-refractivity contribution in [3.05, 3.63) is 107 Å². The first-order valence-corrected chi connectivity index (χ1v) is 12.3. The van der Waals surface area contributed by atoms with Gasteiger partial charge in [0, 0.05) is 24.8 Å². The van der Waals surface area contributed by atoms with Crippen LogP contribution >= 0.6 is 0 Å². The van der Waals surface area contributed by atoms with E-state index in [0.717, 1.165) is 15.5 Å². The Hall–Kier alpha value is -3.71. The van der Waals surface area contributed by atoms with Gasteiger partial charge in [-0.05, 0) is 55.7 Å². The topological polar surface area (TPSA) is 181 Å². The molecule has 40 heavy (non-hydrogen) atoms. The van der Waals surface area contributed by atoms with E-state index in [0.29, 0.717) is 17.1 Å². The Balaban J connectivity index is 1.48. The SMILES string of the molecule is C=NN(ON([O-])C1CC(N([O-])ON(N)c2ccccc2)CC(N([O-])ON(N)c2ccccc2)C1)c1ccccc1. The summed E-state index contributed by atoms with van der Waals surface area (Å²) < 4.78 is 0. The average molecular weight is 553 g/mol. The molecule has 3 aromatic rings. The summed E-state index contributed by atoms with van der Waals surface area (Å²) in [5, 5.41) is 46.2. The maximum absolute atomic E-state index is 13.1. The molecule has 1 saturated carbocycles. The fourth-order valence-electron chi connectivity index (χ4n) is 4.15. The smallest absolute Gasteiger partial charge is 0.0920 e. The molecule has 4 rings (SSSR count). The lowest BCUT2D eigenvalue weighted by atomic mass is 9.88. The zero-order valence-electron chi connectivity index (χ0n) is 21.5. The largest absolute Gasteiger partial charge is 0.760 e. The highest BCUT2D eigenvalue weighted by atomic mass is 17.0. The number of rotatable bonds is 13. The molecule has 1 fully saturated rings. The quantitative estimate of drug-likeness (QED) is 0.179. The van der Waals surface area contributed by atoms with Gasteiger partial charge in [0.25, 0.3) is 0 Å². The molecule has 2 unspecified atom stereocenters. The number of para-hydroxylation sites is 3. The van der Waals surface area contributed by atoms with Gasteiger partial charge in [-0.15, -0.1) is 5.17 Å². The number of hydrazine groups is 2. The molecule has 0 heterocycles. The van der Waals surface area contributed by atoms with Gasteiger partial charge in [0.05, 0.1) is 17.1 Å². The van der Waals surface area contributed by atoms with E-state index in [-0.39, 0.29) is 34.9 Å². The third-order valence-electron chi connectivity index (χ3n) is 6.15.